The topological polar surface area (TPSA) is 48.4 Å². The number of hydrogen-bond donors (Lipinski definition) is 2. The maximum Gasteiger partial charge on any atom is 0.126 e. The normalized spacial score (nSPS) is 15.5. The van der Waals surface area contributed by atoms with Crippen molar-refractivity contribution >= 4 is 11.5 Å². The van der Waals surface area contributed by atoms with Crippen LogP contribution >= 0.6 is 0 Å². The maximum absolute atomic E-state index is 9.24. The van der Waals surface area contributed by atoms with Crippen LogP contribution < -0.4 is 10.2 Å². The zero-order valence-corrected chi connectivity index (χ0v) is 14.6. The van der Waals surface area contributed by atoms with Gasteiger partial charge in [-0.25, -0.2) is 4.98 Å². The summed E-state index contributed by atoms with van der Waals surface area (Å²) < 4.78 is 0. The van der Waals surface area contributed by atoms with E-state index in [2.05, 4.69) is 59.4 Å². The molecule has 1 saturated heterocycles. The molecule has 1 aliphatic heterocycles. The number of pyridine rings is 1. The number of aliphatic hydroxyl groups is 1. The molecule has 1 aromatic carbocycles. The largest absolute Gasteiger partial charge is 0.396 e. The van der Waals surface area contributed by atoms with Crippen molar-refractivity contribution in [3.05, 3.63) is 53.2 Å². The van der Waals surface area contributed by atoms with Gasteiger partial charge < -0.3 is 15.3 Å². The van der Waals surface area contributed by atoms with E-state index in [0.717, 1.165) is 38.3 Å². The zero-order chi connectivity index (χ0) is 16.9. The molecule has 2 N–H and O–H groups in total. The summed E-state index contributed by atoms with van der Waals surface area (Å²) in [6.07, 6.45) is 4.07. The van der Waals surface area contributed by atoms with Gasteiger partial charge in [-0.2, -0.15) is 0 Å². The maximum atomic E-state index is 9.24. The summed E-state index contributed by atoms with van der Waals surface area (Å²) in [7, 11) is 0. The summed E-state index contributed by atoms with van der Waals surface area (Å²) in [5.41, 5.74) is 5.13. The van der Waals surface area contributed by atoms with Crippen LogP contribution in [0.4, 0.5) is 11.5 Å². The highest BCUT2D eigenvalue weighted by Crippen LogP contribution is 2.23. The lowest BCUT2D eigenvalue weighted by Crippen LogP contribution is -2.34. The smallest absolute Gasteiger partial charge is 0.126 e. The van der Waals surface area contributed by atoms with Crippen molar-refractivity contribution in [2.24, 2.45) is 5.92 Å². The standard InChI is InChI=1S/C20H27N3O/c1-15-4-3-5-16(2)19(15)13-22-20-7-6-18(12-21-20)23-10-8-17(14-24)9-11-23/h3-7,12,17,24H,8-11,13-14H2,1-2H3,(H,21,22). The second-order valence-corrected chi connectivity index (χ2v) is 6.74. The third-order valence-corrected chi connectivity index (χ3v) is 5.08. The highest BCUT2D eigenvalue weighted by molar-refractivity contribution is 5.50. The molecule has 2 heterocycles. The molecule has 1 aromatic heterocycles. The molecule has 0 spiro atoms. The van der Waals surface area contributed by atoms with E-state index < -0.39 is 0 Å². The number of aromatic nitrogens is 1. The average Bonchev–Trinajstić information content (AvgIpc) is 2.62. The van der Waals surface area contributed by atoms with Crippen molar-refractivity contribution < 1.29 is 5.11 Å². The Morgan fingerprint density at radius 2 is 1.83 bits per heavy atom. The molecule has 4 nitrogen and oxygen atoms in total. The molecule has 0 aliphatic carbocycles. The Balaban J connectivity index is 1.59. The van der Waals surface area contributed by atoms with Crippen molar-refractivity contribution in [2.45, 2.75) is 33.2 Å². The van der Waals surface area contributed by atoms with Crippen molar-refractivity contribution in [3.8, 4) is 0 Å². The third-order valence-electron chi connectivity index (χ3n) is 5.08. The van der Waals surface area contributed by atoms with Crippen LogP contribution in [0.5, 0.6) is 0 Å². The average molecular weight is 325 g/mol. The van der Waals surface area contributed by atoms with Gasteiger partial charge in [0.15, 0.2) is 0 Å². The predicted molar refractivity (Wildman–Crippen MR) is 99.5 cm³/mol. The molecule has 0 unspecified atom stereocenters. The van der Waals surface area contributed by atoms with Gasteiger partial charge in [-0.3, -0.25) is 0 Å². The molecule has 1 aliphatic rings. The molecular formula is C20H27N3O. The first-order valence-corrected chi connectivity index (χ1v) is 8.78. The van der Waals surface area contributed by atoms with Gasteiger partial charge in [-0.15, -0.1) is 0 Å². The highest BCUT2D eigenvalue weighted by Gasteiger charge is 2.18. The van der Waals surface area contributed by atoms with E-state index in [9.17, 15) is 5.11 Å². The second kappa shape index (κ2) is 7.67. The lowest BCUT2D eigenvalue weighted by molar-refractivity contribution is 0.203. The summed E-state index contributed by atoms with van der Waals surface area (Å²) in [6.45, 7) is 7.41. The van der Waals surface area contributed by atoms with Gasteiger partial charge in [-0.05, 0) is 61.4 Å². The van der Waals surface area contributed by atoms with Crippen LogP contribution in [0.25, 0.3) is 0 Å². The van der Waals surface area contributed by atoms with E-state index in [1.54, 1.807) is 0 Å². The number of aliphatic hydroxyl groups excluding tert-OH is 1. The molecule has 3 rings (SSSR count). The van der Waals surface area contributed by atoms with Crippen LogP contribution in [-0.4, -0.2) is 29.8 Å². The van der Waals surface area contributed by atoms with E-state index in [4.69, 9.17) is 0 Å². The number of rotatable bonds is 5. The lowest BCUT2D eigenvalue weighted by atomic mass is 9.98. The van der Waals surface area contributed by atoms with E-state index in [1.165, 1.54) is 22.4 Å². The van der Waals surface area contributed by atoms with E-state index in [0.29, 0.717) is 12.5 Å². The molecule has 0 bridgehead atoms. The third kappa shape index (κ3) is 3.88. The van der Waals surface area contributed by atoms with Gasteiger partial charge in [0.05, 0.1) is 11.9 Å². The molecule has 0 amide bonds. The fourth-order valence-electron chi connectivity index (χ4n) is 3.36. The molecule has 4 heteroatoms. The summed E-state index contributed by atoms with van der Waals surface area (Å²) in [4.78, 5) is 6.92. The lowest BCUT2D eigenvalue weighted by Gasteiger charge is -2.32. The zero-order valence-electron chi connectivity index (χ0n) is 14.6. The van der Waals surface area contributed by atoms with Gasteiger partial charge in [0.1, 0.15) is 5.82 Å². The minimum absolute atomic E-state index is 0.313. The van der Waals surface area contributed by atoms with Crippen molar-refractivity contribution in [3.63, 3.8) is 0 Å². The number of nitrogens with zero attached hydrogens (tertiary/aromatic N) is 2. The Morgan fingerprint density at radius 3 is 2.42 bits per heavy atom. The van der Waals surface area contributed by atoms with Crippen LogP contribution in [0.1, 0.15) is 29.5 Å². The Morgan fingerprint density at radius 1 is 1.12 bits per heavy atom. The number of hydrogen-bond acceptors (Lipinski definition) is 4. The summed E-state index contributed by atoms with van der Waals surface area (Å²) in [5.74, 6) is 1.37. The fraction of sp³-hybridized carbons (Fsp3) is 0.450. The van der Waals surface area contributed by atoms with Gasteiger partial charge in [0, 0.05) is 26.2 Å². The van der Waals surface area contributed by atoms with Crippen molar-refractivity contribution in [1.82, 2.24) is 4.98 Å². The molecular weight excluding hydrogens is 298 g/mol. The quantitative estimate of drug-likeness (QED) is 0.883. The number of nitrogens with one attached hydrogen (secondary N) is 1. The first-order valence-electron chi connectivity index (χ1n) is 8.78. The SMILES string of the molecule is Cc1cccc(C)c1CNc1ccc(N2CCC(CO)CC2)cn1. The Labute approximate surface area is 144 Å². The minimum atomic E-state index is 0.313. The Kier molecular flexibility index (Phi) is 5.36. The van der Waals surface area contributed by atoms with Crippen LogP contribution in [0, 0.1) is 19.8 Å². The van der Waals surface area contributed by atoms with Gasteiger partial charge in [0.25, 0.3) is 0 Å². The molecule has 0 atom stereocenters. The monoisotopic (exact) mass is 325 g/mol. The number of piperidine rings is 1. The highest BCUT2D eigenvalue weighted by atomic mass is 16.3. The molecule has 1 fully saturated rings. The van der Waals surface area contributed by atoms with Crippen molar-refractivity contribution in [1.29, 1.82) is 0 Å². The van der Waals surface area contributed by atoms with E-state index in [-0.39, 0.29) is 0 Å². The van der Waals surface area contributed by atoms with E-state index >= 15 is 0 Å². The number of anilines is 2. The van der Waals surface area contributed by atoms with Gasteiger partial charge in [-0.1, -0.05) is 18.2 Å². The first-order chi connectivity index (χ1) is 11.7. The van der Waals surface area contributed by atoms with Crippen LogP contribution in [0.3, 0.4) is 0 Å². The summed E-state index contributed by atoms with van der Waals surface area (Å²) >= 11 is 0. The summed E-state index contributed by atoms with van der Waals surface area (Å²) in [5, 5.41) is 12.7. The number of benzene rings is 1. The Bertz CT molecular complexity index is 641. The van der Waals surface area contributed by atoms with Gasteiger partial charge >= 0.3 is 0 Å². The molecule has 0 radical (unpaired) electrons. The molecule has 128 valence electrons. The van der Waals surface area contributed by atoms with Crippen LogP contribution in [0.2, 0.25) is 0 Å². The Hall–Kier alpha value is -2.07. The first kappa shape index (κ1) is 16.8. The molecule has 24 heavy (non-hydrogen) atoms. The molecule has 0 saturated carbocycles. The van der Waals surface area contributed by atoms with Crippen LogP contribution in [-0.2, 0) is 6.54 Å². The van der Waals surface area contributed by atoms with Crippen LogP contribution in [0.15, 0.2) is 36.5 Å². The minimum Gasteiger partial charge on any atom is -0.396 e. The second-order valence-electron chi connectivity index (χ2n) is 6.74. The summed E-state index contributed by atoms with van der Waals surface area (Å²) in [6, 6.07) is 10.6. The van der Waals surface area contributed by atoms with Gasteiger partial charge in [0.2, 0.25) is 0 Å². The van der Waals surface area contributed by atoms with E-state index in [1.807, 2.05) is 6.20 Å². The predicted octanol–water partition coefficient (Wildman–Crippen LogP) is 3.52. The molecule has 2 aromatic rings. The fourth-order valence-corrected chi connectivity index (χ4v) is 3.36. The number of aryl methyl sites for hydroxylation is 2. The van der Waals surface area contributed by atoms with Crippen molar-refractivity contribution in [2.75, 3.05) is 29.9 Å².